The van der Waals surface area contributed by atoms with E-state index in [2.05, 4.69) is 75.4 Å². The normalized spacial score (nSPS) is 36.7. The van der Waals surface area contributed by atoms with Crippen LogP contribution < -0.4 is 0 Å². The van der Waals surface area contributed by atoms with Crippen LogP contribution >= 0.6 is 0 Å². The summed E-state index contributed by atoms with van der Waals surface area (Å²) in [6.07, 6.45) is 12.2. The molecule has 2 bridgehead atoms. The predicted molar refractivity (Wildman–Crippen MR) is 115 cm³/mol. The van der Waals surface area contributed by atoms with Crippen molar-refractivity contribution in [3.05, 3.63) is 82.5 Å². The van der Waals surface area contributed by atoms with Crippen molar-refractivity contribution in [2.75, 3.05) is 0 Å². The van der Waals surface area contributed by atoms with Crippen LogP contribution in [-0.4, -0.2) is 12.2 Å². The van der Waals surface area contributed by atoms with E-state index in [0.717, 1.165) is 0 Å². The molecule has 7 rings (SSSR count). The van der Waals surface area contributed by atoms with Gasteiger partial charge in [-0.15, -0.1) is 0 Å². The van der Waals surface area contributed by atoms with Crippen molar-refractivity contribution in [2.24, 2.45) is 11.8 Å². The van der Waals surface area contributed by atoms with Crippen molar-refractivity contribution in [3.63, 3.8) is 0 Å². The van der Waals surface area contributed by atoms with Crippen LogP contribution in [-0.2, 0) is 4.74 Å². The van der Waals surface area contributed by atoms with Crippen LogP contribution in [0, 0.1) is 11.8 Å². The molecule has 0 aromatic heterocycles. The van der Waals surface area contributed by atoms with Gasteiger partial charge in [0.05, 0.1) is 12.2 Å². The predicted octanol–water partition coefficient (Wildman–Crippen LogP) is 6.37. The third kappa shape index (κ3) is 1.54. The molecule has 0 N–H and O–H groups in total. The minimum atomic E-state index is 0.330. The molecule has 0 amide bonds. The Morgan fingerprint density at radius 3 is 2.00 bits per heavy atom. The maximum atomic E-state index is 6.63. The Hall–Kier alpha value is -2.38. The summed E-state index contributed by atoms with van der Waals surface area (Å²) in [6.45, 7) is 6.67. The average molecular weight is 364 g/mol. The van der Waals surface area contributed by atoms with E-state index < -0.39 is 0 Å². The Morgan fingerprint density at radius 1 is 0.821 bits per heavy atom. The third-order valence-corrected chi connectivity index (χ3v) is 7.95. The molecule has 28 heavy (non-hydrogen) atoms. The SMILES string of the molecule is C/C=C1/C(=C(C)C)c2ccc3c4c(ccc1c24)C1C2OC(C4C=CC=CC42)C31. The van der Waals surface area contributed by atoms with E-state index >= 15 is 0 Å². The molecule has 5 aliphatic rings. The van der Waals surface area contributed by atoms with Gasteiger partial charge in [-0.1, -0.05) is 60.2 Å². The van der Waals surface area contributed by atoms with Crippen molar-refractivity contribution in [1.82, 2.24) is 0 Å². The molecule has 1 heteroatoms. The topological polar surface area (TPSA) is 9.23 Å². The van der Waals surface area contributed by atoms with Crippen LogP contribution in [0.25, 0.3) is 21.9 Å². The molecule has 2 aromatic carbocycles. The van der Waals surface area contributed by atoms with E-state index in [1.165, 1.54) is 33.2 Å². The van der Waals surface area contributed by atoms with Gasteiger partial charge in [-0.2, -0.15) is 0 Å². The van der Waals surface area contributed by atoms with Crippen LogP contribution in [0.2, 0.25) is 0 Å². The fourth-order valence-electron chi connectivity index (χ4n) is 7.12. The van der Waals surface area contributed by atoms with Crippen molar-refractivity contribution in [3.8, 4) is 0 Å². The summed E-state index contributed by atoms with van der Waals surface area (Å²) in [5.41, 5.74) is 10.2. The molecule has 0 saturated carbocycles. The molecule has 2 aliphatic heterocycles. The lowest BCUT2D eigenvalue weighted by molar-refractivity contribution is 0.0858. The Labute approximate surface area is 166 Å². The van der Waals surface area contributed by atoms with Crippen molar-refractivity contribution in [2.45, 2.75) is 44.8 Å². The van der Waals surface area contributed by atoms with Gasteiger partial charge in [0, 0.05) is 23.7 Å². The highest BCUT2D eigenvalue weighted by molar-refractivity contribution is 6.24. The van der Waals surface area contributed by atoms with Gasteiger partial charge in [-0.05, 0) is 64.9 Å². The molecule has 6 atom stereocenters. The van der Waals surface area contributed by atoms with Gasteiger partial charge in [0.1, 0.15) is 0 Å². The van der Waals surface area contributed by atoms with E-state index in [0.29, 0.717) is 35.9 Å². The Morgan fingerprint density at radius 2 is 1.43 bits per heavy atom. The summed E-state index contributed by atoms with van der Waals surface area (Å²) in [5, 5.41) is 3.05. The molecule has 0 spiro atoms. The Balaban J connectivity index is 1.53. The zero-order chi connectivity index (χ0) is 18.7. The van der Waals surface area contributed by atoms with E-state index in [-0.39, 0.29) is 0 Å². The van der Waals surface area contributed by atoms with Crippen LogP contribution in [0.5, 0.6) is 0 Å². The lowest BCUT2D eigenvalue weighted by atomic mass is 9.66. The second kappa shape index (κ2) is 4.96. The molecule has 2 heterocycles. The molecular weight excluding hydrogens is 340 g/mol. The molecule has 1 nitrogen and oxygen atoms in total. The average Bonchev–Trinajstić information content (AvgIpc) is 3.43. The lowest BCUT2D eigenvalue weighted by Gasteiger charge is -2.34. The Bertz CT molecular complexity index is 1160. The van der Waals surface area contributed by atoms with E-state index in [1.807, 2.05) is 0 Å². The first kappa shape index (κ1) is 15.5. The summed E-state index contributed by atoms with van der Waals surface area (Å²) in [7, 11) is 0. The molecule has 138 valence electrons. The molecule has 6 unspecified atom stereocenters. The van der Waals surface area contributed by atoms with Crippen LogP contribution in [0.3, 0.4) is 0 Å². The number of benzene rings is 2. The summed E-state index contributed by atoms with van der Waals surface area (Å²) >= 11 is 0. The summed E-state index contributed by atoms with van der Waals surface area (Å²) in [4.78, 5) is 0. The maximum Gasteiger partial charge on any atom is 0.0724 e. The van der Waals surface area contributed by atoms with Crippen LogP contribution in [0.4, 0.5) is 0 Å². The number of hydrogen-bond donors (Lipinski definition) is 0. The second-order valence-electron chi connectivity index (χ2n) is 9.27. The second-order valence-corrected chi connectivity index (χ2v) is 9.27. The number of fused-ring (bicyclic) bond motifs is 10. The molecule has 0 radical (unpaired) electrons. The smallest absolute Gasteiger partial charge is 0.0724 e. The number of allylic oxidation sites excluding steroid dienone is 6. The maximum absolute atomic E-state index is 6.63. The van der Waals surface area contributed by atoms with Gasteiger partial charge >= 0.3 is 0 Å². The Kier molecular flexibility index (Phi) is 2.75. The zero-order valence-corrected chi connectivity index (χ0v) is 16.6. The van der Waals surface area contributed by atoms with Crippen molar-refractivity contribution >= 4 is 21.9 Å². The van der Waals surface area contributed by atoms with Gasteiger partial charge in [-0.3, -0.25) is 0 Å². The summed E-state index contributed by atoms with van der Waals surface area (Å²) in [5.74, 6) is 2.13. The van der Waals surface area contributed by atoms with Gasteiger partial charge in [-0.25, -0.2) is 0 Å². The minimum Gasteiger partial charge on any atom is -0.372 e. The van der Waals surface area contributed by atoms with Crippen LogP contribution in [0.1, 0.15) is 54.9 Å². The number of ether oxygens (including phenoxy) is 1. The first-order valence-electron chi connectivity index (χ1n) is 10.7. The molecule has 2 aromatic rings. The first-order chi connectivity index (χ1) is 13.7. The lowest BCUT2D eigenvalue weighted by Crippen LogP contribution is -2.34. The quantitative estimate of drug-likeness (QED) is 0.528. The fourth-order valence-corrected chi connectivity index (χ4v) is 7.12. The van der Waals surface area contributed by atoms with Gasteiger partial charge < -0.3 is 4.74 Å². The minimum absolute atomic E-state index is 0.330. The zero-order valence-electron chi connectivity index (χ0n) is 16.6. The number of hydrogen-bond acceptors (Lipinski definition) is 1. The van der Waals surface area contributed by atoms with Crippen molar-refractivity contribution < 1.29 is 4.74 Å². The van der Waals surface area contributed by atoms with E-state index in [9.17, 15) is 0 Å². The summed E-state index contributed by atoms with van der Waals surface area (Å²) in [6, 6.07) is 9.64. The van der Waals surface area contributed by atoms with Crippen LogP contribution in [0.15, 0.2) is 60.2 Å². The third-order valence-electron chi connectivity index (χ3n) is 7.95. The fraction of sp³-hybridized carbons (Fsp3) is 0.333. The highest BCUT2D eigenvalue weighted by Crippen LogP contribution is 2.65. The number of rotatable bonds is 0. The highest BCUT2D eigenvalue weighted by atomic mass is 16.5. The molecule has 2 fully saturated rings. The van der Waals surface area contributed by atoms with E-state index in [4.69, 9.17) is 4.74 Å². The highest BCUT2D eigenvalue weighted by Gasteiger charge is 2.61. The van der Waals surface area contributed by atoms with Gasteiger partial charge in [0.25, 0.3) is 0 Å². The largest absolute Gasteiger partial charge is 0.372 e. The standard InChI is InChI=1S/C27H24O/c1-4-14-15-9-10-19-23-20(12-11-18(22(15)23)21(14)13(2)3)25-24(19)26-16-7-5-6-8-17(16)27(25)28-26/h4-12,16-17,24-27H,1-3H3/b14-4+. The molecule has 3 aliphatic carbocycles. The van der Waals surface area contributed by atoms with Gasteiger partial charge in [0.15, 0.2) is 0 Å². The van der Waals surface area contributed by atoms with Crippen molar-refractivity contribution in [1.29, 1.82) is 0 Å². The van der Waals surface area contributed by atoms with Gasteiger partial charge in [0.2, 0.25) is 0 Å². The molecule has 2 saturated heterocycles. The summed E-state index contributed by atoms with van der Waals surface area (Å²) < 4.78 is 6.63. The molecular formula is C27H24O. The first-order valence-corrected chi connectivity index (χ1v) is 10.7. The van der Waals surface area contributed by atoms with E-state index in [1.54, 1.807) is 16.5 Å². The monoisotopic (exact) mass is 364 g/mol.